The fourth-order valence-electron chi connectivity index (χ4n) is 3.16. The lowest BCUT2D eigenvalue weighted by Gasteiger charge is -2.08. The van der Waals surface area contributed by atoms with E-state index in [0.717, 1.165) is 22.2 Å². The van der Waals surface area contributed by atoms with Crippen molar-refractivity contribution in [3.8, 4) is 17.2 Å². The number of carbonyl (C=O) groups excluding carboxylic acids is 1. The lowest BCUT2D eigenvalue weighted by Crippen LogP contribution is -2.22. The molecule has 0 radical (unpaired) electrons. The lowest BCUT2D eigenvalue weighted by atomic mass is 10.1. The van der Waals surface area contributed by atoms with Crippen LogP contribution in [0.4, 0.5) is 0 Å². The number of oxazole rings is 1. The molecule has 0 atom stereocenters. The van der Waals surface area contributed by atoms with E-state index < -0.39 is 0 Å². The van der Waals surface area contributed by atoms with Crippen LogP contribution in [0.1, 0.15) is 27.0 Å². The van der Waals surface area contributed by atoms with Crippen molar-refractivity contribution in [1.29, 1.82) is 0 Å². The number of rotatable bonds is 5. The van der Waals surface area contributed by atoms with Crippen LogP contribution in [-0.4, -0.2) is 18.0 Å². The van der Waals surface area contributed by atoms with Gasteiger partial charge in [0, 0.05) is 17.7 Å². The summed E-state index contributed by atoms with van der Waals surface area (Å²) in [5, 5.41) is 3.30. The molecule has 0 aliphatic heterocycles. The Morgan fingerprint density at radius 1 is 1.07 bits per heavy atom. The number of hydrogen-bond acceptors (Lipinski definition) is 4. The Labute approximate surface area is 179 Å². The zero-order chi connectivity index (χ0) is 21.3. The molecule has 1 N–H and O–H groups in total. The molecule has 152 valence electrons. The second-order valence-corrected chi connectivity index (χ2v) is 7.56. The third-order valence-corrected chi connectivity index (χ3v) is 5.37. The van der Waals surface area contributed by atoms with Gasteiger partial charge in [-0.1, -0.05) is 23.7 Å². The van der Waals surface area contributed by atoms with Gasteiger partial charge in [0.1, 0.15) is 11.3 Å². The Balaban J connectivity index is 1.45. The summed E-state index contributed by atoms with van der Waals surface area (Å²) in [4.78, 5) is 17.0. The summed E-state index contributed by atoms with van der Waals surface area (Å²) in [5.41, 5.74) is 6.33. The number of ether oxygens (including phenoxy) is 1. The minimum absolute atomic E-state index is 0.201. The van der Waals surface area contributed by atoms with Crippen molar-refractivity contribution in [2.24, 2.45) is 0 Å². The molecule has 0 saturated carbocycles. The molecule has 0 saturated heterocycles. The van der Waals surface area contributed by atoms with E-state index in [-0.39, 0.29) is 5.91 Å². The molecule has 5 nitrogen and oxygen atoms in total. The minimum atomic E-state index is -0.201. The monoisotopic (exact) mass is 420 g/mol. The number of methoxy groups -OCH3 is 1. The number of carbonyl (C=O) groups is 1. The molecular formula is C24H21ClN2O3. The Morgan fingerprint density at radius 2 is 1.80 bits per heavy atom. The molecule has 0 spiro atoms. The van der Waals surface area contributed by atoms with E-state index >= 15 is 0 Å². The second kappa shape index (κ2) is 8.20. The zero-order valence-corrected chi connectivity index (χ0v) is 17.7. The summed E-state index contributed by atoms with van der Waals surface area (Å²) >= 11 is 6.09. The van der Waals surface area contributed by atoms with Crippen molar-refractivity contribution in [3.05, 3.63) is 81.9 Å². The number of aryl methyl sites for hydroxylation is 2. The summed E-state index contributed by atoms with van der Waals surface area (Å²) in [6, 6.07) is 16.8. The highest BCUT2D eigenvalue weighted by molar-refractivity contribution is 6.32. The summed E-state index contributed by atoms with van der Waals surface area (Å²) < 4.78 is 11.0. The van der Waals surface area contributed by atoms with Gasteiger partial charge in [-0.2, -0.15) is 0 Å². The molecule has 1 amide bonds. The quantitative estimate of drug-likeness (QED) is 0.449. The Kier molecular flexibility index (Phi) is 5.46. The van der Waals surface area contributed by atoms with Gasteiger partial charge >= 0.3 is 0 Å². The van der Waals surface area contributed by atoms with Crippen LogP contribution in [0.5, 0.6) is 5.75 Å². The molecule has 30 heavy (non-hydrogen) atoms. The molecule has 6 heteroatoms. The number of halogens is 1. The summed E-state index contributed by atoms with van der Waals surface area (Å²) in [5.74, 6) is 0.917. The van der Waals surface area contributed by atoms with Crippen LogP contribution in [-0.2, 0) is 6.54 Å². The van der Waals surface area contributed by atoms with Gasteiger partial charge in [0.25, 0.3) is 5.91 Å². The molecule has 0 fully saturated rings. The average molecular weight is 421 g/mol. The largest absolute Gasteiger partial charge is 0.495 e. The van der Waals surface area contributed by atoms with Gasteiger partial charge in [-0.15, -0.1) is 0 Å². The lowest BCUT2D eigenvalue weighted by molar-refractivity contribution is 0.0951. The Bertz CT molecular complexity index is 1190. The van der Waals surface area contributed by atoms with E-state index in [4.69, 9.17) is 20.8 Å². The maximum absolute atomic E-state index is 12.4. The van der Waals surface area contributed by atoms with Crippen molar-refractivity contribution in [2.75, 3.05) is 7.11 Å². The molecular weight excluding hydrogens is 400 g/mol. The van der Waals surface area contributed by atoms with Gasteiger partial charge in [0.05, 0.1) is 12.1 Å². The molecule has 0 unspecified atom stereocenters. The van der Waals surface area contributed by atoms with Gasteiger partial charge in [0.2, 0.25) is 5.89 Å². The molecule has 0 bridgehead atoms. The first-order chi connectivity index (χ1) is 14.4. The molecule has 1 aromatic heterocycles. The van der Waals surface area contributed by atoms with Crippen LogP contribution in [0.15, 0.2) is 59.0 Å². The SMILES string of the molecule is COc1ccc(C(=O)NCc2ccc(-c3nc4cc(C)c(C)cc4o3)cc2)cc1Cl. The number of aromatic nitrogens is 1. The van der Waals surface area contributed by atoms with Crippen molar-refractivity contribution >= 4 is 28.6 Å². The fraction of sp³-hybridized carbons (Fsp3) is 0.167. The van der Waals surface area contributed by atoms with E-state index in [0.29, 0.717) is 28.8 Å². The minimum Gasteiger partial charge on any atom is -0.495 e. The van der Waals surface area contributed by atoms with E-state index in [1.165, 1.54) is 18.2 Å². The standard InChI is InChI=1S/C24H21ClN2O3/c1-14-10-20-22(11-15(14)2)30-24(27-20)17-6-4-16(5-7-17)13-26-23(28)18-8-9-21(29-3)19(25)12-18/h4-12H,13H2,1-3H3,(H,26,28). The third kappa shape index (κ3) is 4.02. The average Bonchev–Trinajstić information content (AvgIpc) is 3.15. The summed E-state index contributed by atoms with van der Waals surface area (Å²) in [6.07, 6.45) is 0. The van der Waals surface area contributed by atoms with E-state index in [9.17, 15) is 4.79 Å². The zero-order valence-electron chi connectivity index (χ0n) is 17.0. The highest BCUT2D eigenvalue weighted by Crippen LogP contribution is 2.27. The first kappa shape index (κ1) is 20.0. The fourth-order valence-corrected chi connectivity index (χ4v) is 3.42. The predicted molar refractivity (Wildman–Crippen MR) is 118 cm³/mol. The van der Waals surface area contributed by atoms with Crippen molar-refractivity contribution in [2.45, 2.75) is 20.4 Å². The van der Waals surface area contributed by atoms with Crippen LogP contribution in [0, 0.1) is 13.8 Å². The van der Waals surface area contributed by atoms with Gasteiger partial charge in [-0.05, 0) is 73.0 Å². The molecule has 4 aromatic rings. The van der Waals surface area contributed by atoms with E-state index in [2.05, 4.69) is 24.1 Å². The van der Waals surface area contributed by atoms with Gasteiger partial charge in [-0.25, -0.2) is 4.98 Å². The number of nitrogens with zero attached hydrogens (tertiary/aromatic N) is 1. The van der Waals surface area contributed by atoms with E-state index in [1.807, 2.05) is 36.4 Å². The van der Waals surface area contributed by atoms with Crippen LogP contribution in [0.25, 0.3) is 22.6 Å². The Morgan fingerprint density at radius 3 is 2.50 bits per heavy atom. The smallest absolute Gasteiger partial charge is 0.251 e. The van der Waals surface area contributed by atoms with Crippen molar-refractivity contribution < 1.29 is 13.9 Å². The summed E-state index contributed by atoms with van der Waals surface area (Å²) in [6.45, 7) is 4.51. The van der Waals surface area contributed by atoms with Gasteiger partial charge < -0.3 is 14.5 Å². The second-order valence-electron chi connectivity index (χ2n) is 7.15. The van der Waals surface area contributed by atoms with Crippen LogP contribution in [0.2, 0.25) is 5.02 Å². The highest BCUT2D eigenvalue weighted by Gasteiger charge is 2.11. The maximum Gasteiger partial charge on any atom is 0.251 e. The van der Waals surface area contributed by atoms with E-state index in [1.54, 1.807) is 18.2 Å². The first-order valence-electron chi connectivity index (χ1n) is 9.53. The predicted octanol–water partition coefficient (Wildman–Crippen LogP) is 5.70. The van der Waals surface area contributed by atoms with Crippen LogP contribution in [0.3, 0.4) is 0 Å². The number of nitrogens with one attached hydrogen (secondary N) is 1. The molecule has 0 aliphatic carbocycles. The summed E-state index contributed by atoms with van der Waals surface area (Å²) in [7, 11) is 1.54. The molecule has 3 aromatic carbocycles. The maximum atomic E-state index is 12.4. The normalized spacial score (nSPS) is 10.9. The third-order valence-electron chi connectivity index (χ3n) is 5.07. The topological polar surface area (TPSA) is 64.4 Å². The van der Waals surface area contributed by atoms with Crippen molar-refractivity contribution in [1.82, 2.24) is 10.3 Å². The number of amides is 1. The van der Waals surface area contributed by atoms with Gasteiger partial charge in [0.15, 0.2) is 5.58 Å². The number of fused-ring (bicyclic) bond motifs is 1. The molecule has 4 rings (SSSR count). The number of benzene rings is 3. The highest BCUT2D eigenvalue weighted by atomic mass is 35.5. The first-order valence-corrected chi connectivity index (χ1v) is 9.91. The van der Waals surface area contributed by atoms with Crippen LogP contribution >= 0.6 is 11.6 Å². The van der Waals surface area contributed by atoms with Gasteiger partial charge in [-0.3, -0.25) is 4.79 Å². The Hall–Kier alpha value is -3.31. The molecule has 1 heterocycles. The number of hydrogen-bond donors (Lipinski definition) is 1. The van der Waals surface area contributed by atoms with Crippen molar-refractivity contribution in [3.63, 3.8) is 0 Å². The molecule has 0 aliphatic rings. The van der Waals surface area contributed by atoms with Crippen LogP contribution < -0.4 is 10.1 Å².